The van der Waals surface area contributed by atoms with Crippen molar-refractivity contribution in [3.8, 4) is 5.75 Å². The highest BCUT2D eigenvalue weighted by Crippen LogP contribution is 2.44. The summed E-state index contributed by atoms with van der Waals surface area (Å²) >= 11 is 0. The summed E-state index contributed by atoms with van der Waals surface area (Å²) < 4.78 is 12.0. The van der Waals surface area contributed by atoms with Gasteiger partial charge >= 0.3 is 0 Å². The van der Waals surface area contributed by atoms with Gasteiger partial charge in [-0.1, -0.05) is 13.8 Å². The Kier molecular flexibility index (Phi) is 3.78. The molecule has 2 heterocycles. The summed E-state index contributed by atoms with van der Waals surface area (Å²) in [5, 5.41) is 0. The minimum Gasteiger partial charge on any atom is -0.493 e. The molecule has 2 fully saturated rings. The highest BCUT2D eigenvalue weighted by atomic mass is 16.5. The second-order valence-corrected chi connectivity index (χ2v) is 7.27. The Morgan fingerprint density at radius 3 is 2.61 bits per heavy atom. The maximum Gasteiger partial charge on any atom is 0.236 e. The van der Waals surface area contributed by atoms with Gasteiger partial charge in [-0.05, 0) is 50.4 Å². The Balaban J connectivity index is 1.59. The molecule has 1 aliphatic heterocycles. The van der Waals surface area contributed by atoms with Crippen molar-refractivity contribution in [1.29, 1.82) is 0 Å². The Morgan fingerprint density at radius 1 is 1.22 bits per heavy atom. The Hall–Kier alpha value is -1.58. The van der Waals surface area contributed by atoms with E-state index in [-0.39, 0.29) is 5.54 Å². The van der Waals surface area contributed by atoms with Crippen LogP contribution in [0.25, 0.3) is 0 Å². The second kappa shape index (κ2) is 5.81. The van der Waals surface area contributed by atoms with E-state index in [9.17, 15) is 0 Å². The van der Waals surface area contributed by atoms with Gasteiger partial charge in [0.15, 0.2) is 0 Å². The fraction of sp³-hybridized carbons (Fsp3) is 0.684. The highest BCUT2D eigenvalue weighted by molar-refractivity contribution is 5.94. The highest BCUT2D eigenvalue weighted by Gasteiger charge is 2.35. The third-order valence-electron chi connectivity index (χ3n) is 5.44. The molecule has 0 radical (unpaired) electrons. The number of hydrogen-bond donors (Lipinski definition) is 0. The maximum absolute atomic E-state index is 6.12. The quantitative estimate of drug-likeness (QED) is 0.761. The lowest BCUT2D eigenvalue weighted by atomic mass is 9.96. The van der Waals surface area contributed by atoms with Crippen LogP contribution in [-0.4, -0.2) is 29.6 Å². The molecular weight excluding hydrogens is 288 g/mol. The van der Waals surface area contributed by atoms with Gasteiger partial charge in [-0.15, -0.1) is 0 Å². The van der Waals surface area contributed by atoms with Gasteiger partial charge in [-0.2, -0.15) is 0 Å². The first kappa shape index (κ1) is 15.0. The molecule has 0 unspecified atom stereocenters. The first-order valence-corrected chi connectivity index (χ1v) is 9.09. The Labute approximate surface area is 138 Å². The van der Waals surface area contributed by atoms with E-state index >= 15 is 0 Å². The smallest absolute Gasteiger partial charge is 0.236 e. The number of aromatic nitrogens is 1. The Morgan fingerprint density at radius 2 is 2.00 bits per heavy atom. The Bertz CT molecular complexity index is 614. The van der Waals surface area contributed by atoms with Crippen LogP contribution >= 0.6 is 0 Å². The van der Waals surface area contributed by atoms with Crippen molar-refractivity contribution in [1.82, 2.24) is 4.98 Å². The average Bonchev–Trinajstić information content (AvgIpc) is 3.51. The van der Waals surface area contributed by atoms with E-state index in [1.54, 1.807) is 0 Å². The first-order valence-electron chi connectivity index (χ1n) is 9.09. The van der Waals surface area contributed by atoms with E-state index in [0.29, 0.717) is 18.4 Å². The van der Waals surface area contributed by atoms with Gasteiger partial charge < -0.3 is 9.47 Å². The molecule has 4 nitrogen and oxygen atoms in total. The number of ether oxygens (including phenoxy) is 2. The van der Waals surface area contributed by atoms with E-state index in [4.69, 9.17) is 14.5 Å². The molecule has 4 rings (SSSR count). The molecule has 4 heteroatoms. The molecule has 2 saturated carbocycles. The van der Waals surface area contributed by atoms with Crippen molar-refractivity contribution in [3.05, 3.63) is 23.5 Å². The SMILES string of the molecule is CCC1(CC)COC(c2cc(OCC3CC3)c(C3CC3)cn2)=N1. The van der Waals surface area contributed by atoms with Crippen LogP contribution < -0.4 is 4.74 Å². The summed E-state index contributed by atoms with van der Waals surface area (Å²) in [6.07, 6.45) is 9.11. The van der Waals surface area contributed by atoms with E-state index < -0.39 is 0 Å². The normalized spacial score (nSPS) is 22.6. The third kappa shape index (κ3) is 3.08. The van der Waals surface area contributed by atoms with Crippen molar-refractivity contribution < 1.29 is 9.47 Å². The van der Waals surface area contributed by atoms with Gasteiger partial charge in [0, 0.05) is 17.8 Å². The molecular formula is C19H26N2O2. The molecule has 0 atom stereocenters. The van der Waals surface area contributed by atoms with Crippen LogP contribution in [0.3, 0.4) is 0 Å². The minimum atomic E-state index is -0.0682. The van der Waals surface area contributed by atoms with E-state index in [2.05, 4.69) is 24.9 Å². The van der Waals surface area contributed by atoms with Gasteiger partial charge in [0.1, 0.15) is 18.1 Å². The zero-order chi connectivity index (χ0) is 15.9. The fourth-order valence-electron chi connectivity index (χ4n) is 3.11. The molecule has 0 saturated heterocycles. The van der Waals surface area contributed by atoms with Crippen LogP contribution in [0.1, 0.15) is 69.5 Å². The van der Waals surface area contributed by atoms with Gasteiger partial charge in [-0.25, -0.2) is 4.99 Å². The molecule has 0 aromatic carbocycles. The summed E-state index contributed by atoms with van der Waals surface area (Å²) in [5.74, 6) is 3.09. The van der Waals surface area contributed by atoms with Crippen molar-refractivity contribution in [2.24, 2.45) is 10.9 Å². The van der Waals surface area contributed by atoms with Gasteiger partial charge in [0.05, 0.1) is 12.1 Å². The summed E-state index contributed by atoms with van der Waals surface area (Å²) in [6.45, 7) is 5.85. The molecule has 0 spiro atoms. The fourth-order valence-corrected chi connectivity index (χ4v) is 3.11. The summed E-state index contributed by atoms with van der Waals surface area (Å²) in [4.78, 5) is 9.47. The zero-order valence-electron chi connectivity index (χ0n) is 14.2. The number of nitrogens with zero attached hydrogens (tertiary/aromatic N) is 2. The molecule has 124 valence electrons. The monoisotopic (exact) mass is 314 g/mol. The molecule has 1 aromatic heterocycles. The minimum absolute atomic E-state index is 0.0682. The van der Waals surface area contributed by atoms with Gasteiger partial charge in [-0.3, -0.25) is 4.98 Å². The summed E-state index contributed by atoms with van der Waals surface area (Å²) in [5.41, 5.74) is 2.02. The lowest BCUT2D eigenvalue weighted by Crippen LogP contribution is -2.25. The summed E-state index contributed by atoms with van der Waals surface area (Å²) in [6, 6.07) is 2.05. The van der Waals surface area contributed by atoms with Crippen LogP contribution in [0.15, 0.2) is 17.3 Å². The molecule has 0 bridgehead atoms. The van der Waals surface area contributed by atoms with Crippen LogP contribution in [0.5, 0.6) is 5.75 Å². The standard InChI is InChI=1S/C19H26N2O2/c1-3-19(4-2)12-23-18(21-19)16-9-17(22-11-13-5-6-13)15(10-20-16)14-7-8-14/h9-10,13-14H,3-8,11-12H2,1-2H3. The van der Waals surface area contributed by atoms with Crippen LogP contribution in [0.4, 0.5) is 0 Å². The van der Waals surface area contributed by atoms with Crippen LogP contribution in [0.2, 0.25) is 0 Å². The third-order valence-corrected chi connectivity index (χ3v) is 5.44. The largest absolute Gasteiger partial charge is 0.493 e. The van der Waals surface area contributed by atoms with E-state index in [1.807, 2.05) is 6.20 Å². The second-order valence-electron chi connectivity index (χ2n) is 7.27. The maximum atomic E-state index is 6.12. The van der Waals surface area contributed by atoms with Gasteiger partial charge in [0.25, 0.3) is 0 Å². The molecule has 23 heavy (non-hydrogen) atoms. The first-order chi connectivity index (χ1) is 11.2. The molecule has 1 aromatic rings. The number of hydrogen-bond acceptors (Lipinski definition) is 4. The summed E-state index contributed by atoms with van der Waals surface area (Å²) in [7, 11) is 0. The lowest BCUT2D eigenvalue weighted by molar-refractivity contribution is 0.244. The van der Waals surface area contributed by atoms with Crippen molar-refractivity contribution in [3.63, 3.8) is 0 Å². The van der Waals surface area contributed by atoms with Crippen molar-refractivity contribution in [2.45, 2.75) is 63.8 Å². The van der Waals surface area contributed by atoms with Crippen LogP contribution in [-0.2, 0) is 4.74 Å². The molecule has 3 aliphatic rings. The van der Waals surface area contributed by atoms with E-state index in [0.717, 1.165) is 36.8 Å². The van der Waals surface area contributed by atoms with Gasteiger partial charge in [0.2, 0.25) is 5.90 Å². The predicted molar refractivity (Wildman–Crippen MR) is 90.2 cm³/mol. The number of aliphatic imine (C=N–C) groups is 1. The topological polar surface area (TPSA) is 43.7 Å². The molecule has 2 aliphatic carbocycles. The zero-order valence-corrected chi connectivity index (χ0v) is 14.2. The number of rotatable bonds is 7. The van der Waals surface area contributed by atoms with Crippen LogP contribution in [0, 0.1) is 5.92 Å². The number of pyridine rings is 1. The van der Waals surface area contributed by atoms with E-state index in [1.165, 1.54) is 31.2 Å². The lowest BCUT2D eigenvalue weighted by Gasteiger charge is -2.18. The predicted octanol–water partition coefficient (Wildman–Crippen LogP) is 4.08. The molecule has 0 amide bonds. The molecule has 0 N–H and O–H groups in total. The van der Waals surface area contributed by atoms with Crippen molar-refractivity contribution >= 4 is 5.90 Å². The average molecular weight is 314 g/mol. The van der Waals surface area contributed by atoms with Crippen molar-refractivity contribution in [2.75, 3.05) is 13.2 Å².